The van der Waals surface area contributed by atoms with E-state index in [9.17, 15) is 4.79 Å². The number of amides is 1. The molecule has 6 nitrogen and oxygen atoms in total. The summed E-state index contributed by atoms with van der Waals surface area (Å²) in [5.41, 5.74) is 1.50. The Morgan fingerprint density at radius 2 is 1.96 bits per heavy atom. The standard InChI is InChI=1S/C18H16Cl3N3O3/c1-3-24-10(2)15(8-22-24)23-18(25)16-5-4-12(27-16)9-26-17-13(20)6-11(19)7-14(17)21/h4-8H,3,9H2,1-2H3,(H,23,25). The lowest BCUT2D eigenvalue weighted by Crippen LogP contribution is -2.11. The molecule has 9 heteroatoms. The second kappa shape index (κ2) is 8.25. The van der Waals surface area contributed by atoms with Crippen molar-refractivity contribution in [3.8, 4) is 5.75 Å². The first kappa shape index (κ1) is 19.6. The molecule has 0 atom stereocenters. The molecule has 1 aromatic carbocycles. The number of anilines is 1. The first-order valence-electron chi connectivity index (χ1n) is 8.08. The summed E-state index contributed by atoms with van der Waals surface area (Å²) in [4.78, 5) is 12.4. The van der Waals surface area contributed by atoms with Crippen LogP contribution >= 0.6 is 34.8 Å². The molecular formula is C18H16Cl3N3O3. The zero-order chi connectivity index (χ0) is 19.6. The van der Waals surface area contributed by atoms with Crippen molar-refractivity contribution in [1.29, 1.82) is 0 Å². The molecule has 0 bridgehead atoms. The molecule has 3 aromatic rings. The van der Waals surface area contributed by atoms with Gasteiger partial charge in [0.2, 0.25) is 0 Å². The molecular weight excluding hydrogens is 413 g/mol. The van der Waals surface area contributed by atoms with Gasteiger partial charge in [-0.2, -0.15) is 5.10 Å². The number of ether oxygens (including phenoxy) is 1. The molecule has 0 saturated heterocycles. The van der Waals surface area contributed by atoms with Gasteiger partial charge in [0.25, 0.3) is 5.91 Å². The van der Waals surface area contributed by atoms with Crippen LogP contribution in [0.15, 0.2) is 34.9 Å². The van der Waals surface area contributed by atoms with Crippen molar-refractivity contribution in [2.24, 2.45) is 0 Å². The number of furan rings is 1. The van der Waals surface area contributed by atoms with E-state index in [0.29, 0.717) is 32.3 Å². The molecule has 0 radical (unpaired) electrons. The van der Waals surface area contributed by atoms with Crippen molar-refractivity contribution in [2.45, 2.75) is 27.0 Å². The smallest absolute Gasteiger partial charge is 0.291 e. The van der Waals surface area contributed by atoms with Gasteiger partial charge in [-0.3, -0.25) is 9.48 Å². The average Bonchev–Trinajstić information content (AvgIpc) is 3.21. The summed E-state index contributed by atoms with van der Waals surface area (Å²) in [6.45, 7) is 4.64. The largest absolute Gasteiger partial charge is 0.483 e. The van der Waals surface area contributed by atoms with Crippen LogP contribution in [-0.4, -0.2) is 15.7 Å². The van der Waals surface area contributed by atoms with Crippen molar-refractivity contribution in [1.82, 2.24) is 9.78 Å². The second-order valence-electron chi connectivity index (χ2n) is 5.67. The van der Waals surface area contributed by atoms with E-state index < -0.39 is 0 Å². The fourth-order valence-corrected chi connectivity index (χ4v) is 3.39. The van der Waals surface area contributed by atoms with Crippen molar-refractivity contribution < 1.29 is 13.9 Å². The lowest BCUT2D eigenvalue weighted by Gasteiger charge is -2.09. The zero-order valence-corrected chi connectivity index (χ0v) is 16.8. The van der Waals surface area contributed by atoms with Gasteiger partial charge in [0.15, 0.2) is 11.5 Å². The number of nitrogens with one attached hydrogen (secondary N) is 1. The number of halogens is 3. The molecule has 27 heavy (non-hydrogen) atoms. The third kappa shape index (κ3) is 4.40. The molecule has 0 aliphatic heterocycles. The first-order valence-corrected chi connectivity index (χ1v) is 9.22. The van der Waals surface area contributed by atoms with E-state index in [0.717, 1.165) is 12.2 Å². The highest BCUT2D eigenvalue weighted by molar-refractivity contribution is 6.40. The molecule has 0 aliphatic rings. The number of carbonyl (C=O) groups excluding carboxylic acids is 1. The van der Waals surface area contributed by atoms with Gasteiger partial charge in [-0.05, 0) is 38.1 Å². The Morgan fingerprint density at radius 1 is 1.26 bits per heavy atom. The van der Waals surface area contributed by atoms with Gasteiger partial charge >= 0.3 is 0 Å². The predicted octanol–water partition coefficient (Wildman–Crippen LogP) is 5.60. The topological polar surface area (TPSA) is 69.3 Å². The summed E-state index contributed by atoms with van der Waals surface area (Å²) < 4.78 is 12.9. The maximum atomic E-state index is 12.4. The molecule has 0 spiro atoms. The van der Waals surface area contributed by atoms with E-state index in [1.54, 1.807) is 23.0 Å². The number of aromatic nitrogens is 2. The average molecular weight is 429 g/mol. The Labute approximate surface area is 171 Å². The Hall–Kier alpha value is -2.15. The first-order chi connectivity index (χ1) is 12.9. The SMILES string of the molecule is CCn1ncc(NC(=O)c2ccc(COc3c(Cl)cc(Cl)cc3Cl)o2)c1C. The highest BCUT2D eigenvalue weighted by atomic mass is 35.5. The molecule has 0 fully saturated rings. The van der Waals surface area contributed by atoms with Crippen LogP contribution in [0.4, 0.5) is 5.69 Å². The monoisotopic (exact) mass is 427 g/mol. The van der Waals surface area contributed by atoms with Gasteiger partial charge in [-0.25, -0.2) is 0 Å². The van der Waals surface area contributed by atoms with Gasteiger partial charge < -0.3 is 14.5 Å². The molecule has 0 unspecified atom stereocenters. The maximum absolute atomic E-state index is 12.4. The number of benzene rings is 1. The number of carbonyl (C=O) groups is 1. The van der Waals surface area contributed by atoms with Crippen LogP contribution < -0.4 is 10.1 Å². The van der Waals surface area contributed by atoms with Gasteiger partial charge in [-0.15, -0.1) is 0 Å². The summed E-state index contributed by atoms with van der Waals surface area (Å²) >= 11 is 18.0. The summed E-state index contributed by atoms with van der Waals surface area (Å²) in [7, 11) is 0. The Balaban J connectivity index is 1.66. The normalized spacial score (nSPS) is 10.9. The lowest BCUT2D eigenvalue weighted by molar-refractivity contribution is 0.0992. The molecule has 0 aliphatic carbocycles. The third-order valence-corrected chi connectivity index (χ3v) is 4.64. The minimum Gasteiger partial charge on any atom is -0.483 e. The van der Waals surface area contributed by atoms with Gasteiger partial charge in [0.05, 0.1) is 27.6 Å². The van der Waals surface area contributed by atoms with Gasteiger partial charge in [-0.1, -0.05) is 34.8 Å². The lowest BCUT2D eigenvalue weighted by atomic mass is 10.3. The summed E-state index contributed by atoms with van der Waals surface area (Å²) in [6, 6.07) is 6.28. The van der Waals surface area contributed by atoms with Crippen molar-refractivity contribution >= 4 is 46.4 Å². The zero-order valence-electron chi connectivity index (χ0n) is 14.6. The number of rotatable bonds is 6. The molecule has 1 N–H and O–H groups in total. The quantitative estimate of drug-likeness (QED) is 0.555. The van der Waals surface area contributed by atoms with Crippen molar-refractivity contribution in [3.05, 3.63) is 62.7 Å². The number of aryl methyl sites for hydroxylation is 1. The Bertz CT molecular complexity index is 958. The summed E-state index contributed by atoms with van der Waals surface area (Å²) in [5, 5.41) is 7.96. The van der Waals surface area contributed by atoms with Crippen LogP contribution in [0.3, 0.4) is 0 Å². The Morgan fingerprint density at radius 3 is 2.59 bits per heavy atom. The van der Waals surface area contributed by atoms with E-state index in [4.69, 9.17) is 44.0 Å². The van der Waals surface area contributed by atoms with E-state index in [-0.39, 0.29) is 18.3 Å². The van der Waals surface area contributed by atoms with Crippen LogP contribution in [0.25, 0.3) is 0 Å². The van der Waals surface area contributed by atoms with Crippen LogP contribution in [0.5, 0.6) is 5.75 Å². The maximum Gasteiger partial charge on any atom is 0.291 e. The number of nitrogens with zero attached hydrogens (tertiary/aromatic N) is 2. The predicted molar refractivity (Wildman–Crippen MR) is 105 cm³/mol. The van der Waals surface area contributed by atoms with Crippen LogP contribution in [0.1, 0.15) is 28.9 Å². The number of hydrogen-bond acceptors (Lipinski definition) is 4. The summed E-state index contributed by atoms with van der Waals surface area (Å²) in [5.74, 6) is 0.532. The Kier molecular flexibility index (Phi) is 5.99. The molecule has 3 rings (SSSR count). The van der Waals surface area contributed by atoms with E-state index in [2.05, 4.69) is 10.4 Å². The minimum atomic E-state index is -0.373. The molecule has 0 saturated carbocycles. The van der Waals surface area contributed by atoms with E-state index in [1.807, 2.05) is 13.8 Å². The molecule has 2 aromatic heterocycles. The second-order valence-corrected chi connectivity index (χ2v) is 6.92. The molecule has 2 heterocycles. The highest BCUT2D eigenvalue weighted by Gasteiger charge is 2.16. The fourth-order valence-electron chi connectivity index (χ4n) is 2.46. The van der Waals surface area contributed by atoms with Crippen LogP contribution in [-0.2, 0) is 13.2 Å². The van der Waals surface area contributed by atoms with Gasteiger partial charge in [0.1, 0.15) is 12.4 Å². The third-order valence-electron chi connectivity index (χ3n) is 3.86. The van der Waals surface area contributed by atoms with Crippen LogP contribution in [0.2, 0.25) is 15.1 Å². The van der Waals surface area contributed by atoms with Crippen molar-refractivity contribution in [2.75, 3.05) is 5.32 Å². The van der Waals surface area contributed by atoms with E-state index >= 15 is 0 Å². The van der Waals surface area contributed by atoms with Crippen molar-refractivity contribution in [3.63, 3.8) is 0 Å². The highest BCUT2D eigenvalue weighted by Crippen LogP contribution is 2.36. The van der Waals surface area contributed by atoms with E-state index in [1.165, 1.54) is 12.1 Å². The molecule has 1 amide bonds. The number of hydrogen-bond donors (Lipinski definition) is 1. The van der Waals surface area contributed by atoms with Crippen LogP contribution in [0, 0.1) is 6.92 Å². The fraction of sp³-hybridized carbons (Fsp3) is 0.222. The minimum absolute atomic E-state index is 0.0567. The molecule has 142 valence electrons. The van der Waals surface area contributed by atoms with Gasteiger partial charge in [0, 0.05) is 11.6 Å². The summed E-state index contributed by atoms with van der Waals surface area (Å²) in [6.07, 6.45) is 1.61.